The molecule has 0 aromatic heterocycles. The van der Waals surface area contributed by atoms with Crippen molar-refractivity contribution in [1.82, 2.24) is 5.32 Å². The third-order valence-electron chi connectivity index (χ3n) is 2.40. The van der Waals surface area contributed by atoms with Gasteiger partial charge in [0.15, 0.2) is 0 Å². The molecule has 0 saturated heterocycles. The number of thiol groups is 1. The van der Waals surface area contributed by atoms with Crippen molar-refractivity contribution in [3.8, 4) is 0 Å². The van der Waals surface area contributed by atoms with Crippen molar-refractivity contribution in [2.75, 3.05) is 25.4 Å². The molecule has 0 aliphatic rings. The Morgan fingerprint density at radius 2 is 1.47 bits per heavy atom. The van der Waals surface area contributed by atoms with Crippen LogP contribution in [0.25, 0.3) is 0 Å². The van der Waals surface area contributed by atoms with Crippen molar-refractivity contribution < 1.29 is 0 Å². The Kier molecular flexibility index (Phi) is 15.2. The first-order chi connectivity index (χ1) is 7.41. The summed E-state index contributed by atoms with van der Waals surface area (Å²) in [5.74, 6) is 1.18. The molecule has 0 saturated carbocycles. The van der Waals surface area contributed by atoms with Crippen molar-refractivity contribution in [2.24, 2.45) is 5.73 Å². The SMILES string of the molecule is NCCCCCCNCCCCCSS. The summed E-state index contributed by atoms with van der Waals surface area (Å²) >= 11 is 4.11. The summed E-state index contributed by atoms with van der Waals surface area (Å²) in [5, 5.41) is 3.48. The topological polar surface area (TPSA) is 38.0 Å². The molecule has 0 heterocycles. The normalized spacial score (nSPS) is 10.8. The molecule has 0 spiro atoms. The van der Waals surface area contributed by atoms with Crippen LogP contribution >= 0.6 is 22.5 Å². The molecule has 0 radical (unpaired) electrons. The fourth-order valence-electron chi connectivity index (χ4n) is 1.47. The lowest BCUT2D eigenvalue weighted by Gasteiger charge is -2.04. The standard InChI is InChI=1S/C11H26N2S2/c12-8-4-1-2-5-9-13-10-6-3-7-11-15-14/h13-14H,1-12H2. The Labute approximate surface area is 104 Å². The van der Waals surface area contributed by atoms with Crippen molar-refractivity contribution in [3.05, 3.63) is 0 Å². The van der Waals surface area contributed by atoms with Crippen LogP contribution in [0.15, 0.2) is 0 Å². The predicted molar refractivity (Wildman–Crippen MR) is 75.7 cm³/mol. The monoisotopic (exact) mass is 250 g/mol. The van der Waals surface area contributed by atoms with Gasteiger partial charge in [0.2, 0.25) is 0 Å². The predicted octanol–water partition coefficient (Wildman–Crippen LogP) is 2.84. The molecule has 3 N–H and O–H groups in total. The molecule has 0 bridgehead atoms. The van der Waals surface area contributed by atoms with Gasteiger partial charge < -0.3 is 11.1 Å². The Morgan fingerprint density at radius 1 is 0.867 bits per heavy atom. The number of unbranched alkanes of at least 4 members (excludes halogenated alkanes) is 5. The highest BCUT2D eigenvalue weighted by Gasteiger charge is 1.91. The van der Waals surface area contributed by atoms with Crippen LogP contribution in [0.3, 0.4) is 0 Å². The van der Waals surface area contributed by atoms with E-state index in [-0.39, 0.29) is 0 Å². The molecule has 0 aromatic rings. The van der Waals surface area contributed by atoms with E-state index < -0.39 is 0 Å². The van der Waals surface area contributed by atoms with Crippen LogP contribution in [-0.4, -0.2) is 25.4 Å². The van der Waals surface area contributed by atoms with E-state index in [1.165, 1.54) is 63.8 Å². The second kappa shape index (κ2) is 14.6. The molecule has 0 aliphatic heterocycles. The highest BCUT2D eigenvalue weighted by Crippen LogP contribution is 2.08. The highest BCUT2D eigenvalue weighted by atomic mass is 33.1. The van der Waals surface area contributed by atoms with Gasteiger partial charge in [-0.15, -0.1) is 11.7 Å². The molecule has 0 atom stereocenters. The molecular formula is C11H26N2S2. The van der Waals surface area contributed by atoms with Crippen molar-refractivity contribution in [3.63, 3.8) is 0 Å². The molecule has 15 heavy (non-hydrogen) atoms. The maximum absolute atomic E-state index is 5.43. The van der Waals surface area contributed by atoms with E-state index in [0.29, 0.717) is 0 Å². The smallest absolute Gasteiger partial charge is 0.00345 e. The van der Waals surface area contributed by atoms with Crippen LogP contribution in [0, 0.1) is 0 Å². The molecule has 2 nitrogen and oxygen atoms in total. The Balaban J connectivity index is 2.81. The van der Waals surface area contributed by atoms with Crippen LogP contribution in [0.1, 0.15) is 44.9 Å². The maximum Gasteiger partial charge on any atom is 0.00345 e. The number of nitrogens with one attached hydrogen (secondary N) is 1. The van der Waals surface area contributed by atoms with E-state index in [0.717, 1.165) is 6.54 Å². The van der Waals surface area contributed by atoms with E-state index in [4.69, 9.17) is 5.73 Å². The molecule has 4 heteroatoms. The summed E-state index contributed by atoms with van der Waals surface area (Å²) < 4.78 is 0. The summed E-state index contributed by atoms with van der Waals surface area (Å²) in [4.78, 5) is 0. The third kappa shape index (κ3) is 14.6. The van der Waals surface area contributed by atoms with Gasteiger partial charge in [-0.25, -0.2) is 0 Å². The summed E-state index contributed by atoms with van der Waals surface area (Å²) in [6.45, 7) is 3.19. The lowest BCUT2D eigenvalue weighted by Crippen LogP contribution is -2.16. The molecule has 0 amide bonds. The zero-order valence-electron chi connectivity index (χ0n) is 9.71. The Hall–Kier alpha value is 0.620. The zero-order valence-corrected chi connectivity index (χ0v) is 11.4. The molecule has 0 unspecified atom stereocenters. The van der Waals surface area contributed by atoms with E-state index in [1.54, 1.807) is 10.8 Å². The molecule has 0 rings (SSSR count). The van der Waals surface area contributed by atoms with E-state index in [2.05, 4.69) is 17.0 Å². The third-order valence-corrected chi connectivity index (χ3v) is 3.42. The van der Waals surface area contributed by atoms with Gasteiger partial charge in [-0.1, -0.05) is 30.1 Å². The summed E-state index contributed by atoms with van der Waals surface area (Å²) in [7, 11) is 1.64. The van der Waals surface area contributed by atoms with Crippen LogP contribution in [-0.2, 0) is 0 Å². The second-order valence-electron chi connectivity index (χ2n) is 3.85. The Bertz CT molecular complexity index is 101. The second-order valence-corrected chi connectivity index (χ2v) is 5.29. The van der Waals surface area contributed by atoms with Gasteiger partial charge in [0.05, 0.1) is 0 Å². The molecule has 0 aliphatic carbocycles. The zero-order chi connectivity index (χ0) is 11.2. The van der Waals surface area contributed by atoms with Gasteiger partial charge >= 0.3 is 0 Å². The fraction of sp³-hybridized carbons (Fsp3) is 1.00. The molecular weight excluding hydrogens is 224 g/mol. The van der Waals surface area contributed by atoms with Gasteiger partial charge in [-0.05, 0) is 45.3 Å². The quantitative estimate of drug-likeness (QED) is 0.283. The summed E-state index contributed by atoms with van der Waals surface area (Å²) in [6, 6.07) is 0. The summed E-state index contributed by atoms with van der Waals surface area (Å²) in [5.41, 5.74) is 5.43. The van der Waals surface area contributed by atoms with Gasteiger partial charge in [-0.2, -0.15) is 0 Å². The van der Waals surface area contributed by atoms with E-state index in [1.807, 2.05) is 0 Å². The number of hydrogen-bond donors (Lipinski definition) is 3. The lowest BCUT2D eigenvalue weighted by atomic mass is 10.2. The maximum atomic E-state index is 5.43. The summed E-state index contributed by atoms with van der Waals surface area (Å²) in [6.07, 6.45) is 9.02. The van der Waals surface area contributed by atoms with Crippen LogP contribution in [0.2, 0.25) is 0 Å². The fourth-order valence-corrected chi connectivity index (χ4v) is 2.19. The van der Waals surface area contributed by atoms with E-state index >= 15 is 0 Å². The Morgan fingerprint density at radius 3 is 2.07 bits per heavy atom. The largest absolute Gasteiger partial charge is 0.330 e. The van der Waals surface area contributed by atoms with Gasteiger partial charge in [-0.3, -0.25) is 0 Å². The first-order valence-corrected chi connectivity index (χ1v) is 8.12. The minimum atomic E-state index is 0.844. The average molecular weight is 250 g/mol. The highest BCUT2D eigenvalue weighted by molar-refractivity contribution is 8.68. The number of hydrogen-bond acceptors (Lipinski definition) is 4. The minimum Gasteiger partial charge on any atom is -0.330 e. The number of rotatable bonds is 12. The first kappa shape index (κ1) is 15.6. The van der Waals surface area contributed by atoms with Gasteiger partial charge in [0.25, 0.3) is 0 Å². The molecule has 92 valence electrons. The van der Waals surface area contributed by atoms with Gasteiger partial charge in [0.1, 0.15) is 0 Å². The van der Waals surface area contributed by atoms with Crippen LogP contribution in [0.5, 0.6) is 0 Å². The van der Waals surface area contributed by atoms with Crippen molar-refractivity contribution in [1.29, 1.82) is 0 Å². The van der Waals surface area contributed by atoms with Gasteiger partial charge in [0, 0.05) is 5.75 Å². The average Bonchev–Trinajstić information content (AvgIpc) is 2.26. The number of nitrogens with two attached hydrogens (primary N) is 1. The lowest BCUT2D eigenvalue weighted by molar-refractivity contribution is 0.569. The van der Waals surface area contributed by atoms with Crippen LogP contribution < -0.4 is 11.1 Å². The molecule has 0 fully saturated rings. The minimum absolute atomic E-state index is 0.844. The van der Waals surface area contributed by atoms with Crippen molar-refractivity contribution >= 4 is 22.5 Å². The van der Waals surface area contributed by atoms with E-state index in [9.17, 15) is 0 Å². The van der Waals surface area contributed by atoms with Crippen molar-refractivity contribution in [2.45, 2.75) is 44.9 Å². The first-order valence-electron chi connectivity index (χ1n) is 6.09. The molecule has 0 aromatic carbocycles. The van der Waals surface area contributed by atoms with Crippen LogP contribution in [0.4, 0.5) is 0 Å².